The lowest BCUT2D eigenvalue weighted by molar-refractivity contribution is -0.136. The summed E-state index contributed by atoms with van der Waals surface area (Å²) in [7, 11) is 0. The Balaban J connectivity index is 1.35. The summed E-state index contributed by atoms with van der Waals surface area (Å²) in [5, 5.41) is 8.92. The number of Topliss-reactive ketones (excluding diaryl/α,β-unsaturated/α-hetero) is 1. The number of hydrazone groups is 1. The van der Waals surface area contributed by atoms with Gasteiger partial charge in [-0.05, 0) is 50.5 Å². The molecule has 2 aromatic rings. The number of carbonyl (C=O) groups is 4. The van der Waals surface area contributed by atoms with Gasteiger partial charge < -0.3 is 15.4 Å². The van der Waals surface area contributed by atoms with Crippen LogP contribution in [0.25, 0.3) is 0 Å². The molecule has 180 valence electrons. The first-order chi connectivity index (χ1) is 16.9. The Labute approximate surface area is 202 Å². The Morgan fingerprint density at radius 1 is 0.971 bits per heavy atom. The van der Waals surface area contributed by atoms with Gasteiger partial charge in [-0.15, -0.1) is 0 Å². The third-order valence-electron chi connectivity index (χ3n) is 6.00. The summed E-state index contributed by atoms with van der Waals surface area (Å²) in [5.41, 5.74) is 4.36. The van der Waals surface area contributed by atoms with E-state index in [-0.39, 0.29) is 34.6 Å². The summed E-state index contributed by atoms with van der Waals surface area (Å²) >= 11 is 0. The van der Waals surface area contributed by atoms with Gasteiger partial charge >= 0.3 is 11.8 Å². The lowest BCUT2D eigenvalue weighted by Crippen LogP contribution is -2.37. The van der Waals surface area contributed by atoms with E-state index in [4.69, 9.17) is 4.74 Å². The smallest absolute Gasteiger partial charge is 0.329 e. The molecular formula is C26H26N4O5. The second kappa shape index (κ2) is 10.8. The highest BCUT2D eigenvalue weighted by atomic mass is 16.5. The number of hydrogen-bond donors (Lipinski definition) is 3. The third-order valence-corrected chi connectivity index (χ3v) is 6.00. The molecule has 2 aromatic carbocycles. The molecule has 0 radical (unpaired) electrons. The number of aryl methyl sites for hydroxylation is 1. The number of ketones is 1. The van der Waals surface area contributed by atoms with Crippen LogP contribution in [-0.2, 0) is 19.1 Å². The Bertz CT molecular complexity index is 1200. The van der Waals surface area contributed by atoms with Gasteiger partial charge in [-0.2, -0.15) is 5.10 Å². The number of anilines is 2. The number of benzene rings is 2. The summed E-state index contributed by atoms with van der Waals surface area (Å²) < 4.78 is 5.63. The molecule has 0 aromatic heterocycles. The second-order valence-electron chi connectivity index (χ2n) is 8.52. The van der Waals surface area contributed by atoms with Crippen molar-refractivity contribution in [2.24, 2.45) is 11.0 Å². The summed E-state index contributed by atoms with van der Waals surface area (Å²) in [4.78, 5) is 49.9. The van der Waals surface area contributed by atoms with E-state index in [0.29, 0.717) is 5.69 Å². The van der Waals surface area contributed by atoms with Crippen LogP contribution in [0.1, 0.15) is 41.6 Å². The van der Waals surface area contributed by atoms with Crippen molar-refractivity contribution < 1.29 is 23.9 Å². The van der Waals surface area contributed by atoms with Crippen LogP contribution in [-0.4, -0.2) is 35.8 Å². The van der Waals surface area contributed by atoms with Gasteiger partial charge in [0.2, 0.25) is 0 Å². The van der Waals surface area contributed by atoms with E-state index in [1.165, 1.54) is 24.6 Å². The molecule has 1 aliphatic heterocycles. The van der Waals surface area contributed by atoms with E-state index in [2.05, 4.69) is 21.2 Å². The van der Waals surface area contributed by atoms with E-state index >= 15 is 0 Å². The van der Waals surface area contributed by atoms with E-state index in [1.807, 2.05) is 19.1 Å². The number of ether oxygens (including phenoxy) is 1. The fraction of sp³-hybridized carbons (Fsp3) is 0.269. The van der Waals surface area contributed by atoms with Gasteiger partial charge in [-0.25, -0.2) is 5.43 Å². The number of nitrogens with zero attached hydrogens (tertiary/aromatic N) is 1. The Morgan fingerprint density at radius 2 is 1.71 bits per heavy atom. The van der Waals surface area contributed by atoms with E-state index in [1.54, 1.807) is 24.3 Å². The molecule has 1 aliphatic carbocycles. The molecule has 0 bridgehead atoms. The number of amides is 3. The molecule has 1 saturated carbocycles. The number of hydrogen-bond acceptors (Lipinski definition) is 6. The zero-order valence-corrected chi connectivity index (χ0v) is 19.2. The van der Waals surface area contributed by atoms with E-state index < -0.39 is 17.7 Å². The minimum Gasteiger partial charge on any atom is -0.496 e. The zero-order valence-electron chi connectivity index (χ0n) is 19.2. The van der Waals surface area contributed by atoms with Crippen molar-refractivity contribution in [1.29, 1.82) is 0 Å². The molecular weight excluding hydrogens is 448 g/mol. The average molecular weight is 475 g/mol. The van der Waals surface area contributed by atoms with Crippen molar-refractivity contribution in [3.05, 3.63) is 71.5 Å². The van der Waals surface area contributed by atoms with E-state index in [0.717, 1.165) is 31.2 Å². The Kier molecular flexibility index (Phi) is 7.35. The molecule has 2 aliphatic rings. The zero-order chi connectivity index (χ0) is 24.8. The molecule has 35 heavy (non-hydrogen) atoms. The van der Waals surface area contributed by atoms with Crippen LogP contribution >= 0.6 is 0 Å². The first kappa shape index (κ1) is 23.9. The van der Waals surface area contributed by atoms with Crippen LogP contribution in [0.3, 0.4) is 0 Å². The Morgan fingerprint density at radius 3 is 2.51 bits per heavy atom. The predicted octanol–water partition coefficient (Wildman–Crippen LogP) is 3.33. The highest BCUT2D eigenvalue weighted by Gasteiger charge is 2.36. The Hall–Kier alpha value is -4.27. The van der Waals surface area contributed by atoms with Crippen LogP contribution in [0, 0.1) is 12.8 Å². The number of carbonyl (C=O) groups excluding carboxylic acids is 4. The van der Waals surface area contributed by atoms with Crippen LogP contribution in [0.2, 0.25) is 0 Å². The van der Waals surface area contributed by atoms with Crippen molar-refractivity contribution in [2.75, 3.05) is 10.6 Å². The van der Waals surface area contributed by atoms with Crippen molar-refractivity contribution in [2.45, 2.75) is 38.7 Å². The lowest BCUT2D eigenvalue weighted by atomic mass is 9.80. The number of allylic oxidation sites excluding steroid dienone is 1. The van der Waals surface area contributed by atoms with Gasteiger partial charge in [0, 0.05) is 5.69 Å². The molecule has 2 atom stereocenters. The molecule has 9 heteroatoms. The lowest BCUT2D eigenvalue weighted by Gasteiger charge is -2.33. The average Bonchev–Trinajstić information content (AvgIpc) is 2.87. The van der Waals surface area contributed by atoms with Gasteiger partial charge in [0.25, 0.3) is 5.91 Å². The van der Waals surface area contributed by atoms with Gasteiger partial charge in [-0.1, -0.05) is 36.2 Å². The highest BCUT2D eigenvalue weighted by molar-refractivity contribution is 6.40. The third kappa shape index (κ3) is 5.81. The molecule has 0 spiro atoms. The summed E-state index contributed by atoms with van der Waals surface area (Å²) in [6.07, 6.45) is 6.06. The minimum absolute atomic E-state index is 0.0723. The van der Waals surface area contributed by atoms with Crippen molar-refractivity contribution in [3.63, 3.8) is 0 Å². The predicted molar refractivity (Wildman–Crippen MR) is 131 cm³/mol. The fourth-order valence-corrected chi connectivity index (χ4v) is 4.10. The molecule has 0 saturated heterocycles. The molecule has 3 N–H and O–H groups in total. The summed E-state index contributed by atoms with van der Waals surface area (Å²) in [6.45, 7) is 1.94. The van der Waals surface area contributed by atoms with Crippen molar-refractivity contribution in [1.82, 2.24) is 5.43 Å². The minimum atomic E-state index is -1.05. The van der Waals surface area contributed by atoms with Gasteiger partial charge in [-0.3, -0.25) is 19.2 Å². The van der Waals surface area contributed by atoms with Gasteiger partial charge in [0.05, 0.1) is 35.2 Å². The maximum atomic E-state index is 12.7. The van der Waals surface area contributed by atoms with Crippen LogP contribution in [0.5, 0.6) is 0 Å². The number of para-hydroxylation sites is 1. The SMILES string of the molecule is Cc1ccc(NC(=O)c2ccccc2NC(=O)C(=O)N/N=C/C2=COC3CCCCC3C2=O)cc1. The van der Waals surface area contributed by atoms with Gasteiger partial charge in [0.15, 0.2) is 5.78 Å². The molecule has 3 amide bonds. The summed E-state index contributed by atoms with van der Waals surface area (Å²) in [6, 6.07) is 13.6. The highest BCUT2D eigenvalue weighted by Crippen LogP contribution is 2.32. The van der Waals surface area contributed by atoms with Crippen molar-refractivity contribution in [3.8, 4) is 0 Å². The first-order valence-corrected chi connectivity index (χ1v) is 11.4. The molecule has 1 fully saturated rings. The van der Waals surface area contributed by atoms with Gasteiger partial charge in [0.1, 0.15) is 6.10 Å². The molecule has 4 rings (SSSR count). The summed E-state index contributed by atoms with van der Waals surface area (Å²) in [5.74, 6) is -2.76. The standard InChI is InChI=1S/C26H26N4O5/c1-16-10-12-18(13-11-16)28-24(32)19-6-2-4-8-21(19)29-25(33)26(34)30-27-14-17-15-35-22-9-5-3-7-20(22)23(17)31/h2,4,6,8,10-15,20,22H,3,5,7,9H2,1H3,(H,28,32)(H,29,33)(H,30,34)/b27-14+. The maximum Gasteiger partial charge on any atom is 0.329 e. The van der Waals surface area contributed by atoms with Crippen molar-refractivity contribution >= 4 is 41.1 Å². The quantitative estimate of drug-likeness (QED) is 0.348. The number of rotatable bonds is 5. The number of fused-ring (bicyclic) bond motifs is 1. The van der Waals surface area contributed by atoms with Crippen LogP contribution < -0.4 is 16.1 Å². The normalized spacial score (nSPS) is 19.2. The topological polar surface area (TPSA) is 126 Å². The number of nitrogens with one attached hydrogen (secondary N) is 3. The molecule has 2 unspecified atom stereocenters. The maximum absolute atomic E-state index is 12.7. The second-order valence-corrected chi connectivity index (χ2v) is 8.52. The molecule has 1 heterocycles. The first-order valence-electron chi connectivity index (χ1n) is 11.4. The largest absolute Gasteiger partial charge is 0.496 e. The monoisotopic (exact) mass is 474 g/mol. The van der Waals surface area contributed by atoms with Crippen LogP contribution in [0.15, 0.2) is 65.5 Å². The molecule has 9 nitrogen and oxygen atoms in total. The van der Waals surface area contributed by atoms with E-state index in [9.17, 15) is 19.2 Å². The fourth-order valence-electron chi connectivity index (χ4n) is 4.10. The van der Waals surface area contributed by atoms with Crippen LogP contribution in [0.4, 0.5) is 11.4 Å².